The minimum absolute atomic E-state index is 0.0124. The summed E-state index contributed by atoms with van der Waals surface area (Å²) in [5.74, 6) is 0.00569. The molecule has 0 spiro atoms. The van der Waals surface area contributed by atoms with E-state index >= 15 is 0 Å². The van der Waals surface area contributed by atoms with E-state index in [4.69, 9.17) is 0 Å². The first-order chi connectivity index (χ1) is 9.15. The predicted molar refractivity (Wildman–Crippen MR) is 67.7 cm³/mol. The Labute approximate surface area is 112 Å². The molecule has 0 saturated heterocycles. The summed E-state index contributed by atoms with van der Waals surface area (Å²) >= 11 is 0. The molecule has 2 aliphatic rings. The van der Waals surface area contributed by atoms with Gasteiger partial charge in [-0.3, -0.25) is 0 Å². The summed E-state index contributed by atoms with van der Waals surface area (Å²) < 4.78 is 1.63. The second-order valence-electron chi connectivity index (χ2n) is 5.95. The SMILES string of the molecule is CCC1(c2nnnn2C2(C(=O)O)CCC2)CCCC1. The van der Waals surface area contributed by atoms with Gasteiger partial charge in [0, 0.05) is 5.41 Å². The van der Waals surface area contributed by atoms with Crippen LogP contribution in [0.15, 0.2) is 0 Å². The third-order valence-electron chi connectivity index (χ3n) is 5.17. The molecule has 1 aromatic rings. The maximum atomic E-state index is 11.6. The van der Waals surface area contributed by atoms with Crippen LogP contribution in [-0.2, 0) is 15.7 Å². The summed E-state index contributed by atoms with van der Waals surface area (Å²) in [5, 5.41) is 21.6. The van der Waals surface area contributed by atoms with Crippen molar-refractivity contribution in [3.05, 3.63) is 5.82 Å². The molecule has 0 bridgehead atoms. The molecule has 104 valence electrons. The molecule has 0 aromatic carbocycles. The van der Waals surface area contributed by atoms with Crippen LogP contribution >= 0.6 is 0 Å². The topological polar surface area (TPSA) is 80.9 Å². The maximum absolute atomic E-state index is 11.6. The normalized spacial score (nSPS) is 24.1. The minimum Gasteiger partial charge on any atom is -0.479 e. The summed E-state index contributed by atoms with van der Waals surface area (Å²) in [6.07, 6.45) is 7.69. The Morgan fingerprint density at radius 3 is 2.42 bits per heavy atom. The Bertz CT molecular complexity index is 487. The average Bonchev–Trinajstić information content (AvgIpc) is 2.95. The van der Waals surface area contributed by atoms with Crippen molar-refractivity contribution in [2.24, 2.45) is 0 Å². The van der Waals surface area contributed by atoms with E-state index in [-0.39, 0.29) is 5.41 Å². The Kier molecular flexibility index (Phi) is 2.83. The van der Waals surface area contributed by atoms with Crippen molar-refractivity contribution in [1.29, 1.82) is 0 Å². The molecular weight excluding hydrogens is 244 g/mol. The summed E-state index contributed by atoms with van der Waals surface area (Å²) in [7, 11) is 0. The lowest BCUT2D eigenvalue weighted by atomic mass is 9.75. The Hall–Kier alpha value is -1.46. The smallest absolute Gasteiger partial charge is 0.331 e. The van der Waals surface area contributed by atoms with Crippen molar-refractivity contribution in [2.75, 3.05) is 0 Å². The molecule has 0 atom stereocenters. The highest BCUT2D eigenvalue weighted by Gasteiger charge is 2.51. The first-order valence-corrected chi connectivity index (χ1v) is 7.17. The molecule has 0 unspecified atom stereocenters. The fourth-order valence-electron chi connectivity index (χ4n) is 3.62. The van der Waals surface area contributed by atoms with E-state index in [1.807, 2.05) is 0 Å². The van der Waals surface area contributed by atoms with Crippen molar-refractivity contribution in [3.63, 3.8) is 0 Å². The molecule has 0 radical (unpaired) electrons. The van der Waals surface area contributed by atoms with Gasteiger partial charge in [-0.25, -0.2) is 9.48 Å². The van der Waals surface area contributed by atoms with Gasteiger partial charge in [0.1, 0.15) is 0 Å². The van der Waals surface area contributed by atoms with Gasteiger partial charge in [0.25, 0.3) is 0 Å². The molecular formula is C13H20N4O2. The van der Waals surface area contributed by atoms with Crippen LogP contribution in [0.3, 0.4) is 0 Å². The Balaban J connectivity index is 2.05. The monoisotopic (exact) mass is 264 g/mol. The number of aliphatic carboxylic acids is 1. The summed E-state index contributed by atoms with van der Waals surface area (Å²) in [5.41, 5.74) is -0.898. The molecule has 1 N–H and O–H groups in total. The van der Waals surface area contributed by atoms with E-state index < -0.39 is 11.5 Å². The molecule has 0 aliphatic heterocycles. The molecule has 2 fully saturated rings. The zero-order valence-corrected chi connectivity index (χ0v) is 11.3. The highest BCUT2D eigenvalue weighted by molar-refractivity contribution is 5.77. The fraction of sp³-hybridized carbons (Fsp3) is 0.846. The van der Waals surface area contributed by atoms with Crippen LogP contribution in [0, 0.1) is 0 Å². The van der Waals surface area contributed by atoms with Gasteiger partial charge in [-0.1, -0.05) is 19.8 Å². The maximum Gasteiger partial charge on any atom is 0.331 e. The molecule has 1 heterocycles. The van der Waals surface area contributed by atoms with Crippen LogP contribution < -0.4 is 0 Å². The molecule has 0 amide bonds. The van der Waals surface area contributed by atoms with E-state index in [1.165, 1.54) is 12.8 Å². The number of aromatic nitrogens is 4. The zero-order valence-electron chi connectivity index (χ0n) is 11.3. The number of nitrogens with zero attached hydrogens (tertiary/aromatic N) is 4. The lowest BCUT2D eigenvalue weighted by Crippen LogP contribution is -2.50. The number of carboxylic acid groups (broad SMARTS) is 1. The zero-order chi connectivity index (χ0) is 13.5. The van der Waals surface area contributed by atoms with Gasteiger partial charge in [-0.2, -0.15) is 0 Å². The van der Waals surface area contributed by atoms with Crippen molar-refractivity contribution >= 4 is 5.97 Å². The lowest BCUT2D eigenvalue weighted by Gasteiger charge is -2.40. The quantitative estimate of drug-likeness (QED) is 0.897. The molecule has 1 aromatic heterocycles. The highest BCUT2D eigenvalue weighted by Crippen LogP contribution is 2.46. The number of hydrogen-bond acceptors (Lipinski definition) is 4. The minimum atomic E-state index is -0.885. The third-order valence-corrected chi connectivity index (χ3v) is 5.17. The second kappa shape index (κ2) is 4.28. The number of carboxylic acids is 1. The summed E-state index contributed by atoms with van der Waals surface area (Å²) in [4.78, 5) is 11.6. The van der Waals surface area contributed by atoms with E-state index in [9.17, 15) is 9.90 Å². The van der Waals surface area contributed by atoms with Crippen LogP contribution in [0.25, 0.3) is 0 Å². The van der Waals surface area contributed by atoms with Crippen LogP contribution in [-0.4, -0.2) is 31.3 Å². The second-order valence-corrected chi connectivity index (χ2v) is 5.95. The van der Waals surface area contributed by atoms with E-state index in [2.05, 4.69) is 22.4 Å². The molecule has 6 nitrogen and oxygen atoms in total. The van der Waals surface area contributed by atoms with Gasteiger partial charge in [0.2, 0.25) is 0 Å². The highest BCUT2D eigenvalue weighted by atomic mass is 16.4. The molecule has 19 heavy (non-hydrogen) atoms. The van der Waals surface area contributed by atoms with E-state index in [1.54, 1.807) is 4.68 Å². The van der Waals surface area contributed by atoms with Crippen LogP contribution in [0.4, 0.5) is 0 Å². The Morgan fingerprint density at radius 1 is 1.26 bits per heavy atom. The average molecular weight is 264 g/mol. The first-order valence-electron chi connectivity index (χ1n) is 7.17. The van der Waals surface area contributed by atoms with Crippen molar-refractivity contribution < 1.29 is 9.90 Å². The molecule has 2 saturated carbocycles. The van der Waals surface area contributed by atoms with Gasteiger partial charge in [-0.15, -0.1) is 5.10 Å². The van der Waals surface area contributed by atoms with Crippen molar-refractivity contribution in [1.82, 2.24) is 20.2 Å². The molecule has 6 heteroatoms. The fourth-order valence-corrected chi connectivity index (χ4v) is 3.62. The number of hydrogen-bond donors (Lipinski definition) is 1. The summed E-state index contributed by atoms with van der Waals surface area (Å²) in [6.45, 7) is 2.15. The van der Waals surface area contributed by atoms with Gasteiger partial charge in [0.15, 0.2) is 11.4 Å². The lowest BCUT2D eigenvalue weighted by molar-refractivity contribution is -0.153. The predicted octanol–water partition coefficient (Wildman–Crippen LogP) is 1.86. The van der Waals surface area contributed by atoms with E-state index in [0.717, 1.165) is 31.5 Å². The van der Waals surface area contributed by atoms with Crippen molar-refractivity contribution in [2.45, 2.75) is 69.2 Å². The molecule has 3 rings (SSSR count). The van der Waals surface area contributed by atoms with Crippen LogP contribution in [0.1, 0.15) is 64.1 Å². The number of carbonyl (C=O) groups is 1. The van der Waals surface area contributed by atoms with Gasteiger partial charge in [0.05, 0.1) is 0 Å². The third kappa shape index (κ3) is 1.61. The number of rotatable bonds is 4. The van der Waals surface area contributed by atoms with Crippen LogP contribution in [0.2, 0.25) is 0 Å². The van der Waals surface area contributed by atoms with E-state index in [0.29, 0.717) is 12.8 Å². The Morgan fingerprint density at radius 2 is 1.95 bits per heavy atom. The first kappa shape index (κ1) is 12.6. The van der Waals surface area contributed by atoms with Gasteiger partial charge in [-0.05, 0) is 49.0 Å². The number of tetrazole rings is 1. The largest absolute Gasteiger partial charge is 0.479 e. The molecule has 2 aliphatic carbocycles. The van der Waals surface area contributed by atoms with Crippen molar-refractivity contribution in [3.8, 4) is 0 Å². The van der Waals surface area contributed by atoms with Gasteiger partial charge >= 0.3 is 5.97 Å². The summed E-state index contributed by atoms with van der Waals surface area (Å²) in [6, 6.07) is 0. The standard InChI is InChI=1S/C13H20N4O2/c1-2-12(6-3-4-7-12)10-14-15-16-17(10)13(11(18)19)8-5-9-13/h2-9H2,1H3,(H,18,19). The van der Waals surface area contributed by atoms with Gasteiger partial charge < -0.3 is 5.11 Å². The van der Waals surface area contributed by atoms with Crippen LogP contribution in [0.5, 0.6) is 0 Å².